The number of likely N-dealkylation sites (N-methyl/N-ethyl adjacent to an activating group) is 1. The van der Waals surface area contributed by atoms with Crippen molar-refractivity contribution in [2.45, 2.75) is 37.8 Å². The number of nitrogens with zero attached hydrogens (tertiary/aromatic N) is 2. The molecule has 1 aromatic rings. The molecule has 2 heterocycles. The largest absolute Gasteiger partial charge is 0.480 e. The van der Waals surface area contributed by atoms with Gasteiger partial charge in [-0.15, -0.1) is 0 Å². The molecule has 5 N–H and O–H groups in total. The first-order chi connectivity index (χ1) is 9.77. The van der Waals surface area contributed by atoms with Crippen LogP contribution in [0.4, 0.5) is 0 Å². The highest BCUT2D eigenvalue weighted by Gasteiger charge is 2.40. The maximum Gasteiger partial charge on any atom is 0.323 e. The van der Waals surface area contributed by atoms with Gasteiger partial charge in [-0.05, 0) is 33.4 Å². The summed E-state index contributed by atoms with van der Waals surface area (Å²) in [6, 6.07) is -0.851. The van der Waals surface area contributed by atoms with Gasteiger partial charge in [0.1, 0.15) is 11.6 Å². The van der Waals surface area contributed by atoms with E-state index in [-0.39, 0.29) is 6.42 Å². The molecule has 0 amide bonds. The van der Waals surface area contributed by atoms with E-state index in [4.69, 9.17) is 15.9 Å². The van der Waals surface area contributed by atoms with Gasteiger partial charge < -0.3 is 20.9 Å². The molecule has 0 saturated carbocycles. The van der Waals surface area contributed by atoms with Crippen LogP contribution in [0.2, 0.25) is 0 Å². The molecule has 8 heteroatoms. The molecule has 1 aliphatic heterocycles. The first-order valence-electron chi connectivity index (χ1n) is 6.67. The van der Waals surface area contributed by atoms with Gasteiger partial charge in [0.15, 0.2) is 0 Å². The molecule has 8 nitrogen and oxygen atoms in total. The van der Waals surface area contributed by atoms with Crippen LogP contribution in [0.25, 0.3) is 0 Å². The van der Waals surface area contributed by atoms with E-state index < -0.39 is 23.5 Å². The van der Waals surface area contributed by atoms with Crippen molar-refractivity contribution < 1.29 is 19.8 Å². The number of rotatable bonds is 4. The number of carbonyl (C=O) groups is 2. The van der Waals surface area contributed by atoms with Crippen LogP contribution in [-0.4, -0.2) is 62.2 Å². The number of hydrogen-bond donors (Lipinski definition) is 4. The Kier molecular flexibility index (Phi) is 5.86. The summed E-state index contributed by atoms with van der Waals surface area (Å²) in [5.74, 6) is -1.70. The Balaban J connectivity index is 0.000000211. The fourth-order valence-electron chi connectivity index (χ4n) is 2.09. The molecular formula is C13H22N4O4. The number of likely N-dealkylation sites (tertiary alicyclic amines) is 1. The molecule has 0 bridgehead atoms. The van der Waals surface area contributed by atoms with Crippen LogP contribution in [0.3, 0.4) is 0 Å². The van der Waals surface area contributed by atoms with Gasteiger partial charge in [-0.2, -0.15) is 0 Å². The Labute approximate surface area is 123 Å². The van der Waals surface area contributed by atoms with Crippen molar-refractivity contribution in [3.63, 3.8) is 0 Å². The monoisotopic (exact) mass is 298 g/mol. The molecule has 1 saturated heterocycles. The van der Waals surface area contributed by atoms with Crippen molar-refractivity contribution in [2.75, 3.05) is 13.6 Å². The van der Waals surface area contributed by atoms with E-state index in [1.54, 1.807) is 13.1 Å². The Morgan fingerprint density at radius 1 is 1.57 bits per heavy atom. The van der Waals surface area contributed by atoms with E-state index in [9.17, 15) is 9.59 Å². The van der Waals surface area contributed by atoms with Gasteiger partial charge in [-0.1, -0.05) is 0 Å². The predicted octanol–water partition coefficient (Wildman–Crippen LogP) is -0.0806. The zero-order chi connectivity index (χ0) is 16.0. The SMILES string of the molecule is CN1CCCC1(C)C(=O)O.NC(Cc1cnc[nH]1)C(=O)O. The second kappa shape index (κ2) is 7.19. The maximum atomic E-state index is 10.7. The lowest BCUT2D eigenvalue weighted by atomic mass is 10.0. The molecule has 0 radical (unpaired) electrons. The number of carboxylic acids is 2. The summed E-state index contributed by atoms with van der Waals surface area (Å²) >= 11 is 0. The quantitative estimate of drug-likeness (QED) is 0.611. The highest BCUT2D eigenvalue weighted by atomic mass is 16.4. The zero-order valence-corrected chi connectivity index (χ0v) is 12.2. The van der Waals surface area contributed by atoms with E-state index in [1.165, 1.54) is 6.33 Å². The minimum Gasteiger partial charge on any atom is -0.480 e. The lowest BCUT2D eigenvalue weighted by Crippen LogP contribution is -2.45. The molecular weight excluding hydrogens is 276 g/mol. The fourth-order valence-corrected chi connectivity index (χ4v) is 2.09. The molecule has 2 atom stereocenters. The lowest BCUT2D eigenvalue weighted by Gasteiger charge is -2.26. The number of nitrogens with one attached hydrogen (secondary N) is 1. The van der Waals surface area contributed by atoms with Crippen LogP contribution >= 0.6 is 0 Å². The van der Waals surface area contributed by atoms with Crippen molar-refractivity contribution in [2.24, 2.45) is 5.73 Å². The number of aromatic amines is 1. The van der Waals surface area contributed by atoms with Gasteiger partial charge in [0.25, 0.3) is 0 Å². The summed E-state index contributed by atoms with van der Waals surface area (Å²) in [5, 5.41) is 17.2. The van der Waals surface area contributed by atoms with E-state index in [0.717, 1.165) is 25.1 Å². The number of imidazole rings is 1. The van der Waals surface area contributed by atoms with Gasteiger partial charge in [-0.3, -0.25) is 14.5 Å². The fraction of sp³-hybridized carbons (Fsp3) is 0.615. The number of aliphatic carboxylic acids is 2. The minimum absolute atomic E-state index is 0.287. The first kappa shape index (κ1) is 17.1. The highest BCUT2D eigenvalue weighted by molar-refractivity contribution is 5.78. The Hall–Kier alpha value is -1.93. The molecule has 1 aliphatic rings. The van der Waals surface area contributed by atoms with Crippen molar-refractivity contribution in [3.8, 4) is 0 Å². The Bertz CT molecular complexity index is 477. The topological polar surface area (TPSA) is 133 Å². The van der Waals surface area contributed by atoms with Crippen molar-refractivity contribution in [1.82, 2.24) is 14.9 Å². The summed E-state index contributed by atoms with van der Waals surface area (Å²) in [4.78, 5) is 29.4. The average molecular weight is 298 g/mol. The smallest absolute Gasteiger partial charge is 0.323 e. The molecule has 0 aromatic carbocycles. The van der Waals surface area contributed by atoms with Crippen LogP contribution in [0.1, 0.15) is 25.5 Å². The maximum absolute atomic E-state index is 10.7. The number of H-pyrrole nitrogens is 1. The van der Waals surface area contributed by atoms with Gasteiger partial charge >= 0.3 is 11.9 Å². The van der Waals surface area contributed by atoms with E-state index in [2.05, 4.69) is 9.97 Å². The summed E-state index contributed by atoms with van der Waals surface area (Å²) in [6.07, 6.45) is 5.11. The summed E-state index contributed by atoms with van der Waals surface area (Å²) in [5.41, 5.74) is 5.40. The number of nitrogens with two attached hydrogens (primary N) is 1. The Morgan fingerprint density at radius 2 is 2.24 bits per heavy atom. The van der Waals surface area contributed by atoms with E-state index in [1.807, 2.05) is 11.9 Å². The van der Waals surface area contributed by atoms with Crippen LogP contribution in [0.5, 0.6) is 0 Å². The number of carboxylic acid groups (broad SMARTS) is 2. The second-order valence-electron chi connectivity index (χ2n) is 5.33. The van der Waals surface area contributed by atoms with Crippen molar-refractivity contribution in [1.29, 1.82) is 0 Å². The van der Waals surface area contributed by atoms with Crippen molar-refractivity contribution in [3.05, 3.63) is 18.2 Å². The standard InChI is InChI=1S/C7H13NO2.C6H9N3O2/c1-7(6(9)10)4-3-5-8(7)2;7-5(6(10)11)1-4-2-8-3-9-4/h3-5H2,1-2H3,(H,9,10);2-3,5H,1,7H2,(H,8,9)(H,10,11). The zero-order valence-electron chi connectivity index (χ0n) is 12.2. The van der Waals surface area contributed by atoms with Crippen LogP contribution in [0, 0.1) is 0 Å². The molecule has 21 heavy (non-hydrogen) atoms. The summed E-state index contributed by atoms with van der Waals surface area (Å²) in [6.45, 7) is 2.69. The predicted molar refractivity (Wildman–Crippen MR) is 75.8 cm³/mol. The van der Waals surface area contributed by atoms with E-state index >= 15 is 0 Å². The van der Waals surface area contributed by atoms with Crippen LogP contribution in [-0.2, 0) is 16.0 Å². The molecule has 2 unspecified atom stereocenters. The molecule has 0 spiro atoms. The van der Waals surface area contributed by atoms with Gasteiger partial charge in [0, 0.05) is 18.3 Å². The van der Waals surface area contributed by atoms with E-state index in [0.29, 0.717) is 0 Å². The van der Waals surface area contributed by atoms with Crippen LogP contribution < -0.4 is 5.73 Å². The molecule has 2 rings (SSSR count). The third kappa shape index (κ3) is 4.54. The lowest BCUT2D eigenvalue weighted by molar-refractivity contribution is -0.147. The highest BCUT2D eigenvalue weighted by Crippen LogP contribution is 2.26. The van der Waals surface area contributed by atoms with Crippen LogP contribution in [0.15, 0.2) is 12.5 Å². The Morgan fingerprint density at radius 3 is 2.57 bits per heavy atom. The summed E-state index contributed by atoms with van der Waals surface area (Å²) in [7, 11) is 1.86. The third-order valence-electron chi connectivity index (χ3n) is 3.77. The molecule has 0 aliphatic carbocycles. The second-order valence-corrected chi connectivity index (χ2v) is 5.33. The first-order valence-corrected chi connectivity index (χ1v) is 6.67. The van der Waals surface area contributed by atoms with Gasteiger partial charge in [0.05, 0.1) is 6.33 Å². The van der Waals surface area contributed by atoms with Gasteiger partial charge in [-0.25, -0.2) is 4.98 Å². The average Bonchev–Trinajstić information content (AvgIpc) is 3.02. The molecule has 118 valence electrons. The molecule has 1 aromatic heterocycles. The summed E-state index contributed by atoms with van der Waals surface area (Å²) < 4.78 is 0. The van der Waals surface area contributed by atoms with Gasteiger partial charge in [0.2, 0.25) is 0 Å². The normalized spacial score (nSPS) is 23.2. The molecule has 1 fully saturated rings. The number of hydrogen-bond acceptors (Lipinski definition) is 5. The third-order valence-corrected chi connectivity index (χ3v) is 3.77. The minimum atomic E-state index is -1.00. The van der Waals surface area contributed by atoms with Crippen molar-refractivity contribution >= 4 is 11.9 Å². The number of aromatic nitrogens is 2.